The molecule has 4 fully saturated rings. The van der Waals surface area contributed by atoms with Gasteiger partial charge in [0, 0.05) is 25.2 Å². The monoisotopic (exact) mass is 636 g/mol. The van der Waals surface area contributed by atoms with E-state index in [1.54, 1.807) is 13.3 Å². The topological polar surface area (TPSA) is 112 Å². The molecular weight excluding hydrogens is 574 g/mol. The van der Waals surface area contributed by atoms with E-state index >= 15 is 0 Å². The van der Waals surface area contributed by atoms with E-state index in [0.29, 0.717) is 48.7 Å². The van der Waals surface area contributed by atoms with E-state index in [4.69, 9.17) is 18.1 Å². The molecule has 0 bridgehead atoms. The quantitative estimate of drug-likeness (QED) is 0.207. The standard InChI is InChI=1S/2C16H31O4P/c2*1-5-13-6-12(3)9-16(13)20-21(4,18)19-10-14-7-11(2)8-15(14)17/h2*11-17H,5-10H2,1-4H3/t2*11?,12?,13?,14?,15?,16?,21-/m10/s1. The molecule has 0 radical (unpaired) electrons. The Hall–Kier alpha value is 0.220. The second kappa shape index (κ2) is 16.2. The summed E-state index contributed by atoms with van der Waals surface area (Å²) in [6.07, 6.45) is 9.39. The van der Waals surface area contributed by atoms with Gasteiger partial charge >= 0.3 is 15.2 Å². The Morgan fingerprint density at radius 2 is 0.857 bits per heavy atom. The zero-order valence-electron chi connectivity index (χ0n) is 27.7. The molecular formula is C32H62O8P2. The highest BCUT2D eigenvalue weighted by Gasteiger charge is 2.39. The van der Waals surface area contributed by atoms with Crippen molar-refractivity contribution in [3.8, 4) is 0 Å². The van der Waals surface area contributed by atoms with Gasteiger partial charge in [-0.05, 0) is 86.9 Å². The number of rotatable bonds is 12. The minimum absolute atomic E-state index is 0.0632. The fraction of sp³-hybridized carbons (Fsp3) is 1.00. The fourth-order valence-corrected chi connectivity index (χ4v) is 10.5. The van der Waals surface area contributed by atoms with Crippen LogP contribution in [0.5, 0.6) is 0 Å². The third-order valence-corrected chi connectivity index (χ3v) is 12.8. The van der Waals surface area contributed by atoms with E-state index in [2.05, 4.69) is 41.5 Å². The Balaban J connectivity index is 0.000000230. The minimum atomic E-state index is -3.03. The van der Waals surface area contributed by atoms with Gasteiger partial charge < -0.3 is 28.3 Å². The largest absolute Gasteiger partial charge is 0.393 e. The molecule has 0 amide bonds. The fourth-order valence-electron chi connectivity index (χ4n) is 7.95. The van der Waals surface area contributed by atoms with E-state index in [1.807, 2.05) is 0 Å². The molecule has 248 valence electrons. The molecule has 14 atom stereocenters. The van der Waals surface area contributed by atoms with E-state index in [1.165, 1.54) is 0 Å². The van der Waals surface area contributed by atoms with Crippen molar-refractivity contribution >= 4 is 15.2 Å². The van der Waals surface area contributed by atoms with Crippen LogP contribution < -0.4 is 0 Å². The summed E-state index contributed by atoms with van der Waals surface area (Å²) in [7, 11) is -6.06. The lowest BCUT2D eigenvalue weighted by atomic mass is 10.0. The van der Waals surface area contributed by atoms with Crippen LogP contribution in [-0.4, -0.2) is 61.2 Å². The molecule has 8 nitrogen and oxygen atoms in total. The number of aliphatic hydroxyl groups excluding tert-OH is 2. The van der Waals surface area contributed by atoms with Crippen LogP contribution in [0.3, 0.4) is 0 Å². The van der Waals surface area contributed by atoms with Gasteiger partial charge in [0.1, 0.15) is 0 Å². The molecule has 12 unspecified atom stereocenters. The van der Waals surface area contributed by atoms with Crippen molar-refractivity contribution in [3.63, 3.8) is 0 Å². The predicted octanol–water partition coefficient (Wildman–Crippen LogP) is 8.15. The van der Waals surface area contributed by atoms with Gasteiger partial charge in [-0.25, -0.2) is 0 Å². The lowest BCUT2D eigenvalue weighted by Gasteiger charge is -2.24. The van der Waals surface area contributed by atoms with Crippen LogP contribution in [-0.2, 0) is 27.2 Å². The Morgan fingerprint density at radius 1 is 0.548 bits per heavy atom. The maximum absolute atomic E-state index is 12.6. The van der Waals surface area contributed by atoms with E-state index in [0.717, 1.165) is 64.2 Å². The lowest BCUT2D eigenvalue weighted by molar-refractivity contribution is 0.0746. The van der Waals surface area contributed by atoms with Crippen molar-refractivity contribution < 1.29 is 37.4 Å². The molecule has 2 N–H and O–H groups in total. The van der Waals surface area contributed by atoms with Crippen molar-refractivity contribution in [3.05, 3.63) is 0 Å². The maximum atomic E-state index is 12.6. The van der Waals surface area contributed by atoms with Crippen molar-refractivity contribution in [1.82, 2.24) is 0 Å². The molecule has 4 aliphatic carbocycles. The molecule has 0 heterocycles. The first kappa shape index (κ1) is 36.7. The molecule has 0 aromatic heterocycles. The average Bonchev–Trinajstić information content (AvgIpc) is 3.61. The zero-order valence-corrected chi connectivity index (χ0v) is 29.4. The molecule has 42 heavy (non-hydrogen) atoms. The molecule has 0 aromatic carbocycles. The van der Waals surface area contributed by atoms with Gasteiger partial charge in [-0.15, -0.1) is 0 Å². The van der Waals surface area contributed by atoms with E-state index < -0.39 is 15.2 Å². The summed E-state index contributed by atoms with van der Waals surface area (Å²) >= 11 is 0. The van der Waals surface area contributed by atoms with Crippen LogP contribution in [0.15, 0.2) is 0 Å². The second-order valence-corrected chi connectivity index (χ2v) is 18.7. The SMILES string of the molecule is CCC1CC(C)CC1O[P@@](C)(=O)OCC1CC(C)CC1O.CCC1CC(C)CC1O[P@](C)(=O)OCC1CC(C)CC1O. The van der Waals surface area contributed by atoms with Crippen LogP contribution in [0.2, 0.25) is 0 Å². The van der Waals surface area contributed by atoms with Crippen LogP contribution >= 0.6 is 15.2 Å². The Labute approximate surface area is 256 Å². The number of hydrogen-bond acceptors (Lipinski definition) is 8. The Morgan fingerprint density at radius 3 is 1.14 bits per heavy atom. The predicted molar refractivity (Wildman–Crippen MR) is 169 cm³/mol. The van der Waals surface area contributed by atoms with E-state index in [9.17, 15) is 19.3 Å². The van der Waals surface area contributed by atoms with Gasteiger partial charge in [-0.2, -0.15) is 0 Å². The third kappa shape index (κ3) is 11.2. The maximum Gasteiger partial charge on any atom is 0.327 e. The lowest BCUT2D eigenvalue weighted by Crippen LogP contribution is -2.20. The first-order valence-corrected chi connectivity index (χ1v) is 20.8. The summed E-state index contributed by atoms with van der Waals surface area (Å²) < 4.78 is 48.0. The first-order valence-electron chi connectivity index (χ1n) is 16.8. The smallest absolute Gasteiger partial charge is 0.327 e. The van der Waals surface area contributed by atoms with Gasteiger partial charge in [0.05, 0.1) is 37.6 Å². The van der Waals surface area contributed by atoms with Crippen molar-refractivity contribution in [1.29, 1.82) is 0 Å². The summed E-state index contributed by atoms with van der Waals surface area (Å²) in [5, 5.41) is 19.9. The summed E-state index contributed by atoms with van der Waals surface area (Å²) in [6, 6.07) is 0. The van der Waals surface area contributed by atoms with Crippen LogP contribution in [0.1, 0.15) is 106 Å². The molecule has 4 aliphatic rings. The first-order chi connectivity index (χ1) is 19.6. The third-order valence-electron chi connectivity index (χ3n) is 10.3. The number of hydrogen-bond donors (Lipinski definition) is 2. The molecule has 4 rings (SSSR count). The summed E-state index contributed by atoms with van der Waals surface area (Å²) in [6.45, 7) is 16.9. The Bertz CT molecular complexity index is 845. The normalized spacial score (nSPS) is 43.1. The zero-order chi connectivity index (χ0) is 31.2. The molecule has 10 heteroatoms. The minimum Gasteiger partial charge on any atom is -0.393 e. The summed E-state index contributed by atoms with van der Waals surface area (Å²) in [5.41, 5.74) is 0. The van der Waals surface area contributed by atoms with Crippen LogP contribution in [0, 0.1) is 47.3 Å². The van der Waals surface area contributed by atoms with Gasteiger partial charge in [0.15, 0.2) is 0 Å². The summed E-state index contributed by atoms with van der Waals surface area (Å²) in [5.74, 6) is 3.50. The molecule has 0 aliphatic heterocycles. The van der Waals surface area contributed by atoms with Gasteiger partial charge in [-0.3, -0.25) is 9.13 Å². The highest BCUT2D eigenvalue weighted by atomic mass is 31.2. The average molecular weight is 637 g/mol. The second-order valence-electron chi connectivity index (χ2n) is 14.7. The van der Waals surface area contributed by atoms with E-state index in [-0.39, 0.29) is 36.3 Å². The summed E-state index contributed by atoms with van der Waals surface area (Å²) in [4.78, 5) is 0. The van der Waals surface area contributed by atoms with Gasteiger partial charge in [0.25, 0.3) is 0 Å². The molecule has 4 saturated carbocycles. The van der Waals surface area contributed by atoms with Gasteiger partial charge in [0.2, 0.25) is 0 Å². The van der Waals surface area contributed by atoms with Gasteiger partial charge in [-0.1, -0.05) is 54.4 Å². The van der Waals surface area contributed by atoms with Crippen molar-refractivity contribution in [2.45, 2.75) is 130 Å². The van der Waals surface area contributed by atoms with Crippen LogP contribution in [0.25, 0.3) is 0 Å². The highest BCUT2D eigenvalue weighted by molar-refractivity contribution is 7.53. The van der Waals surface area contributed by atoms with Crippen LogP contribution in [0.4, 0.5) is 0 Å². The highest BCUT2D eigenvalue weighted by Crippen LogP contribution is 2.52. The molecule has 0 aromatic rings. The number of aliphatic hydroxyl groups is 2. The molecule has 0 saturated heterocycles. The molecule has 0 spiro atoms. The van der Waals surface area contributed by atoms with Crippen molar-refractivity contribution in [2.75, 3.05) is 26.5 Å². The van der Waals surface area contributed by atoms with Crippen molar-refractivity contribution in [2.24, 2.45) is 47.3 Å². The Kier molecular flexibility index (Phi) is 14.1.